The van der Waals surface area contributed by atoms with Gasteiger partial charge in [0.25, 0.3) is 0 Å². The van der Waals surface area contributed by atoms with Gasteiger partial charge < -0.3 is 10.4 Å². The van der Waals surface area contributed by atoms with Gasteiger partial charge in [0.15, 0.2) is 0 Å². The summed E-state index contributed by atoms with van der Waals surface area (Å²) in [6.45, 7) is 2.22. The summed E-state index contributed by atoms with van der Waals surface area (Å²) in [7, 11) is 0. The Morgan fingerprint density at radius 1 is 0.905 bits per heavy atom. The first-order valence-corrected chi connectivity index (χ1v) is 7.21. The Bertz CT molecular complexity index is 751. The van der Waals surface area contributed by atoms with E-state index in [2.05, 4.69) is 54.7 Å². The predicted molar refractivity (Wildman–Crippen MR) is 88.4 cm³/mol. The first-order valence-electron chi connectivity index (χ1n) is 7.21. The molecule has 0 aliphatic heterocycles. The zero-order valence-electron chi connectivity index (χ0n) is 12.1. The molecule has 0 amide bonds. The zero-order valence-corrected chi connectivity index (χ0v) is 12.1. The summed E-state index contributed by atoms with van der Waals surface area (Å²) in [6.07, 6.45) is 0. The van der Waals surface area contributed by atoms with Gasteiger partial charge in [-0.1, -0.05) is 48.5 Å². The average Bonchev–Trinajstić information content (AvgIpc) is 2.54. The van der Waals surface area contributed by atoms with Crippen molar-refractivity contribution in [3.05, 3.63) is 77.9 Å². The molecular formula is C19H19NO. The summed E-state index contributed by atoms with van der Waals surface area (Å²) in [5.41, 5.74) is 3.20. The molecule has 0 heterocycles. The number of nitrogens with one attached hydrogen (secondary N) is 1. The minimum atomic E-state index is 0.0693. The van der Waals surface area contributed by atoms with Gasteiger partial charge in [-0.25, -0.2) is 0 Å². The topological polar surface area (TPSA) is 32.3 Å². The average molecular weight is 277 g/mol. The second-order valence-corrected chi connectivity index (χ2v) is 5.33. The van der Waals surface area contributed by atoms with Gasteiger partial charge in [-0.2, -0.15) is 0 Å². The standard InChI is InChI=1S/C19H19NO/c1-14(20-19-8-4-5-15(11-19)13-21)17-10-9-16-6-2-3-7-18(16)12-17/h2-12,14,20-21H,13H2,1H3. The third-order valence-electron chi connectivity index (χ3n) is 3.77. The van der Waals surface area contributed by atoms with Crippen molar-refractivity contribution in [2.24, 2.45) is 0 Å². The van der Waals surface area contributed by atoms with E-state index in [0.717, 1.165) is 11.3 Å². The van der Waals surface area contributed by atoms with E-state index in [0.29, 0.717) is 0 Å². The molecule has 0 aromatic heterocycles. The number of hydrogen-bond donors (Lipinski definition) is 2. The lowest BCUT2D eigenvalue weighted by atomic mass is 10.0. The molecule has 0 aliphatic carbocycles. The van der Waals surface area contributed by atoms with Gasteiger partial charge in [0.2, 0.25) is 0 Å². The van der Waals surface area contributed by atoms with Crippen molar-refractivity contribution >= 4 is 16.5 Å². The summed E-state index contributed by atoms with van der Waals surface area (Å²) in [4.78, 5) is 0. The molecule has 2 N–H and O–H groups in total. The number of rotatable bonds is 4. The monoisotopic (exact) mass is 277 g/mol. The highest BCUT2D eigenvalue weighted by Crippen LogP contribution is 2.23. The lowest BCUT2D eigenvalue weighted by Crippen LogP contribution is -2.06. The van der Waals surface area contributed by atoms with Crippen molar-refractivity contribution in [1.29, 1.82) is 0 Å². The molecule has 0 aliphatic rings. The fourth-order valence-electron chi connectivity index (χ4n) is 2.57. The lowest BCUT2D eigenvalue weighted by Gasteiger charge is -2.17. The molecule has 3 aromatic carbocycles. The summed E-state index contributed by atoms with van der Waals surface area (Å²) in [5, 5.41) is 15.2. The highest BCUT2D eigenvalue weighted by atomic mass is 16.3. The largest absolute Gasteiger partial charge is 0.392 e. The molecule has 0 bridgehead atoms. The number of hydrogen-bond acceptors (Lipinski definition) is 2. The molecule has 1 atom stereocenters. The van der Waals surface area contributed by atoms with Crippen molar-refractivity contribution in [2.45, 2.75) is 19.6 Å². The Kier molecular flexibility index (Phi) is 3.89. The van der Waals surface area contributed by atoms with Crippen LogP contribution in [0.1, 0.15) is 24.1 Å². The van der Waals surface area contributed by atoms with Crippen molar-refractivity contribution in [3.63, 3.8) is 0 Å². The highest BCUT2D eigenvalue weighted by molar-refractivity contribution is 5.83. The van der Waals surface area contributed by atoms with E-state index in [4.69, 9.17) is 0 Å². The zero-order chi connectivity index (χ0) is 14.7. The maximum absolute atomic E-state index is 9.20. The van der Waals surface area contributed by atoms with Crippen LogP contribution in [0.3, 0.4) is 0 Å². The molecule has 3 rings (SSSR count). The van der Waals surface area contributed by atoms with Crippen molar-refractivity contribution in [3.8, 4) is 0 Å². The summed E-state index contributed by atoms with van der Waals surface area (Å²) in [5.74, 6) is 0. The van der Waals surface area contributed by atoms with E-state index in [1.807, 2.05) is 24.3 Å². The minimum Gasteiger partial charge on any atom is -0.392 e. The summed E-state index contributed by atoms with van der Waals surface area (Å²) in [6, 6.07) is 23.0. The molecule has 106 valence electrons. The SMILES string of the molecule is CC(Nc1cccc(CO)c1)c1ccc2ccccc2c1. The quantitative estimate of drug-likeness (QED) is 0.735. The van der Waals surface area contributed by atoms with E-state index in [1.165, 1.54) is 16.3 Å². The lowest BCUT2D eigenvalue weighted by molar-refractivity contribution is 0.282. The van der Waals surface area contributed by atoms with Gasteiger partial charge in [-0.15, -0.1) is 0 Å². The second-order valence-electron chi connectivity index (χ2n) is 5.33. The minimum absolute atomic E-state index is 0.0693. The Balaban J connectivity index is 1.84. The fraction of sp³-hybridized carbons (Fsp3) is 0.158. The van der Waals surface area contributed by atoms with Gasteiger partial charge >= 0.3 is 0 Å². The van der Waals surface area contributed by atoms with Gasteiger partial charge in [0.1, 0.15) is 0 Å². The van der Waals surface area contributed by atoms with E-state index < -0.39 is 0 Å². The van der Waals surface area contributed by atoms with E-state index in [1.54, 1.807) is 0 Å². The third kappa shape index (κ3) is 3.06. The number of aliphatic hydroxyl groups is 1. The van der Waals surface area contributed by atoms with E-state index in [9.17, 15) is 5.11 Å². The Morgan fingerprint density at radius 3 is 2.52 bits per heavy atom. The number of benzene rings is 3. The number of fused-ring (bicyclic) bond motifs is 1. The molecule has 0 radical (unpaired) electrons. The van der Waals surface area contributed by atoms with Crippen LogP contribution in [0.5, 0.6) is 0 Å². The van der Waals surface area contributed by atoms with E-state index >= 15 is 0 Å². The maximum Gasteiger partial charge on any atom is 0.0682 e. The first-order chi connectivity index (χ1) is 10.3. The molecule has 1 unspecified atom stereocenters. The van der Waals surface area contributed by atoms with Crippen LogP contribution in [-0.2, 0) is 6.61 Å². The predicted octanol–water partition coefficient (Wildman–Crippen LogP) is 4.51. The molecule has 0 saturated heterocycles. The fourth-order valence-corrected chi connectivity index (χ4v) is 2.57. The molecule has 0 fully saturated rings. The number of anilines is 1. The van der Waals surface area contributed by atoms with Crippen LogP contribution < -0.4 is 5.32 Å². The van der Waals surface area contributed by atoms with Crippen LogP contribution in [0.25, 0.3) is 10.8 Å². The molecule has 3 aromatic rings. The van der Waals surface area contributed by atoms with Gasteiger partial charge in [0, 0.05) is 11.7 Å². The molecule has 0 saturated carbocycles. The first kappa shape index (κ1) is 13.7. The van der Waals surface area contributed by atoms with Crippen LogP contribution in [0, 0.1) is 0 Å². The van der Waals surface area contributed by atoms with Gasteiger partial charge in [-0.05, 0) is 47.0 Å². The Labute approximate surface area is 125 Å². The van der Waals surface area contributed by atoms with Crippen molar-refractivity contribution in [1.82, 2.24) is 0 Å². The van der Waals surface area contributed by atoms with Crippen LogP contribution >= 0.6 is 0 Å². The molecular weight excluding hydrogens is 258 g/mol. The molecule has 2 nitrogen and oxygen atoms in total. The normalized spacial score (nSPS) is 12.3. The van der Waals surface area contributed by atoms with Crippen molar-refractivity contribution < 1.29 is 5.11 Å². The Hall–Kier alpha value is -2.32. The van der Waals surface area contributed by atoms with Gasteiger partial charge in [-0.3, -0.25) is 0 Å². The summed E-state index contributed by atoms with van der Waals surface area (Å²) < 4.78 is 0. The smallest absolute Gasteiger partial charge is 0.0682 e. The van der Waals surface area contributed by atoms with Crippen LogP contribution in [-0.4, -0.2) is 5.11 Å². The maximum atomic E-state index is 9.20. The summed E-state index contributed by atoms with van der Waals surface area (Å²) >= 11 is 0. The second kappa shape index (κ2) is 5.98. The van der Waals surface area contributed by atoms with Crippen LogP contribution in [0.15, 0.2) is 66.7 Å². The van der Waals surface area contributed by atoms with Crippen LogP contribution in [0.2, 0.25) is 0 Å². The molecule has 2 heteroatoms. The van der Waals surface area contributed by atoms with Gasteiger partial charge in [0.05, 0.1) is 6.61 Å². The third-order valence-corrected chi connectivity index (χ3v) is 3.77. The molecule has 0 spiro atoms. The van der Waals surface area contributed by atoms with Crippen LogP contribution in [0.4, 0.5) is 5.69 Å². The molecule has 21 heavy (non-hydrogen) atoms. The van der Waals surface area contributed by atoms with Crippen molar-refractivity contribution in [2.75, 3.05) is 5.32 Å². The number of aliphatic hydroxyl groups excluding tert-OH is 1. The Morgan fingerprint density at radius 2 is 1.71 bits per heavy atom. The highest BCUT2D eigenvalue weighted by Gasteiger charge is 2.06. The van der Waals surface area contributed by atoms with E-state index in [-0.39, 0.29) is 12.6 Å².